The van der Waals surface area contributed by atoms with Gasteiger partial charge >= 0.3 is 0 Å². The molecule has 3 heteroatoms. The molecule has 23 heavy (non-hydrogen) atoms. The Morgan fingerprint density at radius 3 is 2.13 bits per heavy atom. The SMILES string of the molecule is CC(C)(C)[Si](C)(C)OCc1ccccc1[C@H](O)c1ccccc1. The van der Waals surface area contributed by atoms with Gasteiger partial charge in [-0.15, -0.1) is 0 Å². The van der Waals surface area contributed by atoms with Crippen LogP contribution in [0.25, 0.3) is 0 Å². The van der Waals surface area contributed by atoms with Crippen LogP contribution in [0.4, 0.5) is 0 Å². The molecule has 2 aromatic carbocycles. The summed E-state index contributed by atoms with van der Waals surface area (Å²) in [6, 6.07) is 17.8. The van der Waals surface area contributed by atoms with Gasteiger partial charge in [-0.05, 0) is 34.8 Å². The van der Waals surface area contributed by atoms with E-state index in [1.807, 2.05) is 48.5 Å². The predicted octanol–water partition coefficient (Wildman–Crippen LogP) is 5.29. The van der Waals surface area contributed by atoms with Crippen LogP contribution in [0.3, 0.4) is 0 Å². The highest BCUT2D eigenvalue weighted by atomic mass is 28.4. The van der Waals surface area contributed by atoms with E-state index < -0.39 is 14.4 Å². The minimum Gasteiger partial charge on any atom is -0.413 e. The Morgan fingerprint density at radius 1 is 0.957 bits per heavy atom. The van der Waals surface area contributed by atoms with Gasteiger partial charge in [0.15, 0.2) is 8.32 Å². The fraction of sp³-hybridized carbons (Fsp3) is 0.400. The number of rotatable bonds is 5. The fourth-order valence-electron chi connectivity index (χ4n) is 2.22. The van der Waals surface area contributed by atoms with Crippen molar-refractivity contribution in [2.45, 2.75) is 51.6 Å². The molecule has 0 unspecified atom stereocenters. The molecule has 0 aliphatic carbocycles. The van der Waals surface area contributed by atoms with Gasteiger partial charge < -0.3 is 9.53 Å². The maximum absolute atomic E-state index is 10.7. The van der Waals surface area contributed by atoms with Crippen LogP contribution in [-0.2, 0) is 11.0 Å². The summed E-state index contributed by atoms with van der Waals surface area (Å²) in [4.78, 5) is 0. The first kappa shape index (κ1) is 17.9. The van der Waals surface area contributed by atoms with Crippen LogP contribution in [0, 0.1) is 0 Å². The highest BCUT2D eigenvalue weighted by Gasteiger charge is 2.37. The summed E-state index contributed by atoms with van der Waals surface area (Å²) in [6.45, 7) is 11.8. The summed E-state index contributed by atoms with van der Waals surface area (Å²) in [5.74, 6) is 0. The van der Waals surface area contributed by atoms with Gasteiger partial charge in [0, 0.05) is 0 Å². The summed E-state index contributed by atoms with van der Waals surface area (Å²) < 4.78 is 6.33. The van der Waals surface area contributed by atoms with E-state index in [9.17, 15) is 5.11 Å². The first-order valence-corrected chi connectivity index (χ1v) is 11.1. The van der Waals surface area contributed by atoms with Crippen molar-refractivity contribution in [1.82, 2.24) is 0 Å². The second kappa shape index (κ2) is 6.99. The maximum atomic E-state index is 10.7. The Hall–Kier alpha value is -1.42. The average Bonchev–Trinajstić information content (AvgIpc) is 2.52. The molecular weight excluding hydrogens is 300 g/mol. The van der Waals surface area contributed by atoms with Crippen molar-refractivity contribution in [3.05, 3.63) is 71.3 Å². The molecular formula is C20H28O2Si. The molecule has 0 amide bonds. The van der Waals surface area contributed by atoms with Crippen LogP contribution >= 0.6 is 0 Å². The number of benzene rings is 2. The quantitative estimate of drug-likeness (QED) is 0.756. The van der Waals surface area contributed by atoms with Gasteiger partial charge in [0.05, 0.1) is 6.61 Å². The summed E-state index contributed by atoms with van der Waals surface area (Å²) in [6.07, 6.45) is -0.615. The van der Waals surface area contributed by atoms with E-state index in [1.54, 1.807) is 0 Å². The van der Waals surface area contributed by atoms with Crippen LogP contribution in [0.5, 0.6) is 0 Å². The Balaban J connectivity index is 2.22. The van der Waals surface area contributed by atoms with Crippen LogP contribution in [-0.4, -0.2) is 13.4 Å². The van der Waals surface area contributed by atoms with Crippen molar-refractivity contribution in [2.75, 3.05) is 0 Å². The minimum absolute atomic E-state index is 0.181. The minimum atomic E-state index is -1.81. The zero-order chi connectivity index (χ0) is 17.1. The van der Waals surface area contributed by atoms with Crippen molar-refractivity contribution in [2.24, 2.45) is 0 Å². The van der Waals surface area contributed by atoms with Crippen molar-refractivity contribution in [3.8, 4) is 0 Å². The van der Waals surface area contributed by atoms with Gasteiger partial charge in [-0.1, -0.05) is 75.4 Å². The molecule has 0 bridgehead atoms. The molecule has 0 aliphatic heterocycles. The second-order valence-corrected chi connectivity index (χ2v) is 12.4. The van der Waals surface area contributed by atoms with Crippen LogP contribution < -0.4 is 0 Å². The third-order valence-corrected chi connectivity index (χ3v) is 9.34. The van der Waals surface area contributed by atoms with E-state index in [4.69, 9.17) is 4.43 Å². The molecule has 2 aromatic rings. The van der Waals surface area contributed by atoms with Gasteiger partial charge in [0.25, 0.3) is 0 Å². The van der Waals surface area contributed by atoms with E-state index in [0.29, 0.717) is 6.61 Å². The van der Waals surface area contributed by atoms with E-state index in [0.717, 1.165) is 16.7 Å². The smallest absolute Gasteiger partial charge is 0.192 e. The van der Waals surface area contributed by atoms with E-state index in [-0.39, 0.29) is 5.04 Å². The molecule has 1 N–H and O–H groups in total. The summed E-state index contributed by atoms with van der Waals surface area (Å²) in [5, 5.41) is 10.9. The summed E-state index contributed by atoms with van der Waals surface area (Å²) >= 11 is 0. The summed E-state index contributed by atoms with van der Waals surface area (Å²) in [7, 11) is -1.81. The molecule has 2 nitrogen and oxygen atoms in total. The standard InChI is InChI=1S/C20H28O2Si/c1-20(2,3)23(4,5)22-15-17-13-9-10-14-18(17)19(21)16-11-7-6-8-12-16/h6-14,19,21H,15H2,1-5H3/t19-/m1/s1. The number of hydrogen-bond acceptors (Lipinski definition) is 2. The zero-order valence-electron chi connectivity index (χ0n) is 14.8. The molecule has 2 rings (SSSR count). The number of aliphatic hydroxyl groups excluding tert-OH is 1. The fourth-order valence-corrected chi connectivity index (χ4v) is 3.17. The monoisotopic (exact) mass is 328 g/mol. The van der Waals surface area contributed by atoms with Crippen molar-refractivity contribution in [3.63, 3.8) is 0 Å². The van der Waals surface area contributed by atoms with Gasteiger partial charge in [-0.3, -0.25) is 0 Å². The molecule has 0 spiro atoms. The molecule has 0 aromatic heterocycles. The van der Waals surface area contributed by atoms with Gasteiger partial charge in [0.1, 0.15) is 6.10 Å². The number of aliphatic hydroxyl groups is 1. The van der Waals surface area contributed by atoms with Crippen molar-refractivity contribution >= 4 is 8.32 Å². The Morgan fingerprint density at radius 2 is 1.52 bits per heavy atom. The lowest BCUT2D eigenvalue weighted by Gasteiger charge is -2.36. The zero-order valence-corrected chi connectivity index (χ0v) is 15.8. The van der Waals surface area contributed by atoms with Gasteiger partial charge in [-0.25, -0.2) is 0 Å². The van der Waals surface area contributed by atoms with Crippen LogP contribution in [0.15, 0.2) is 54.6 Å². The van der Waals surface area contributed by atoms with Crippen molar-refractivity contribution in [1.29, 1.82) is 0 Å². The molecule has 0 radical (unpaired) electrons. The topological polar surface area (TPSA) is 29.5 Å². The lowest BCUT2D eigenvalue weighted by molar-refractivity contribution is 0.213. The highest BCUT2D eigenvalue weighted by Crippen LogP contribution is 2.37. The molecule has 0 aliphatic rings. The predicted molar refractivity (Wildman–Crippen MR) is 98.9 cm³/mol. The first-order chi connectivity index (χ1) is 10.7. The molecule has 1 atom stereocenters. The van der Waals surface area contributed by atoms with Crippen molar-refractivity contribution < 1.29 is 9.53 Å². The normalized spacial score (nSPS) is 13.8. The number of hydrogen-bond donors (Lipinski definition) is 1. The van der Waals surface area contributed by atoms with E-state index >= 15 is 0 Å². The van der Waals surface area contributed by atoms with Gasteiger partial charge in [-0.2, -0.15) is 0 Å². The summed E-state index contributed by atoms with van der Waals surface area (Å²) in [5.41, 5.74) is 2.90. The lowest BCUT2D eigenvalue weighted by Crippen LogP contribution is -2.40. The second-order valence-electron chi connectivity index (χ2n) is 7.56. The Labute approximate surface area is 141 Å². The Kier molecular flexibility index (Phi) is 5.45. The maximum Gasteiger partial charge on any atom is 0.192 e. The largest absolute Gasteiger partial charge is 0.413 e. The van der Waals surface area contributed by atoms with Crippen LogP contribution in [0.2, 0.25) is 18.1 Å². The Bertz CT molecular complexity index is 630. The van der Waals surface area contributed by atoms with Gasteiger partial charge in [0.2, 0.25) is 0 Å². The molecule has 0 heterocycles. The molecule has 124 valence electrons. The van der Waals surface area contributed by atoms with E-state index in [2.05, 4.69) is 39.9 Å². The van der Waals surface area contributed by atoms with Crippen LogP contribution in [0.1, 0.15) is 43.6 Å². The first-order valence-electron chi connectivity index (χ1n) is 8.17. The molecule has 0 fully saturated rings. The lowest BCUT2D eigenvalue weighted by atomic mass is 9.97. The highest BCUT2D eigenvalue weighted by molar-refractivity contribution is 6.74. The molecule has 0 saturated heterocycles. The molecule has 0 saturated carbocycles. The third kappa shape index (κ3) is 4.31. The average molecular weight is 329 g/mol. The third-order valence-electron chi connectivity index (χ3n) is 4.86. The van der Waals surface area contributed by atoms with E-state index in [1.165, 1.54) is 0 Å².